The second-order valence-electron chi connectivity index (χ2n) is 2.57. The molecule has 0 atom stereocenters. The summed E-state index contributed by atoms with van der Waals surface area (Å²) in [6, 6.07) is 4.00. The van der Waals surface area contributed by atoms with Gasteiger partial charge in [0.05, 0.1) is 0 Å². The molecule has 0 aliphatic heterocycles. The fraction of sp³-hybridized carbons (Fsp3) is 0.222. The van der Waals surface area contributed by atoms with E-state index in [9.17, 15) is 9.18 Å². The van der Waals surface area contributed by atoms with Crippen LogP contribution < -0.4 is 4.74 Å². The van der Waals surface area contributed by atoms with Crippen LogP contribution in [0.4, 0.5) is 4.39 Å². The van der Waals surface area contributed by atoms with Crippen molar-refractivity contribution >= 4 is 21.9 Å². The number of alkyl halides is 1. The average molecular weight is 263 g/mol. The summed E-state index contributed by atoms with van der Waals surface area (Å²) in [7, 11) is 0. The van der Waals surface area contributed by atoms with Gasteiger partial charge < -0.3 is 9.84 Å². The number of carbonyl (C=O) groups is 1. The van der Waals surface area contributed by atoms with Crippen molar-refractivity contribution in [3.8, 4) is 5.75 Å². The van der Waals surface area contributed by atoms with E-state index in [1.165, 1.54) is 12.1 Å². The first-order chi connectivity index (χ1) is 6.63. The molecule has 5 heteroatoms. The molecule has 0 radical (unpaired) electrons. The second-order valence-corrected chi connectivity index (χ2v) is 3.13. The number of carboxylic acids is 1. The van der Waals surface area contributed by atoms with Crippen molar-refractivity contribution in [1.82, 2.24) is 0 Å². The Bertz CT molecular complexity index is 341. The van der Waals surface area contributed by atoms with Gasteiger partial charge in [0.15, 0.2) is 6.61 Å². The molecule has 0 heterocycles. The molecule has 1 aromatic rings. The van der Waals surface area contributed by atoms with Gasteiger partial charge in [0, 0.05) is 17.0 Å². The Labute approximate surface area is 88.6 Å². The van der Waals surface area contributed by atoms with E-state index in [0.29, 0.717) is 10.9 Å². The van der Waals surface area contributed by atoms with Crippen molar-refractivity contribution in [2.24, 2.45) is 0 Å². The lowest BCUT2D eigenvalue weighted by Gasteiger charge is -2.07. The zero-order valence-corrected chi connectivity index (χ0v) is 8.75. The number of rotatable bonds is 4. The number of hydrogen-bond donors (Lipinski definition) is 1. The minimum Gasteiger partial charge on any atom is -0.481 e. The van der Waals surface area contributed by atoms with E-state index in [4.69, 9.17) is 9.84 Å². The van der Waals surface area contributed by atoms with Gasteiger partial charge in [-0.1, -0.05) is 22.0 Å². The van der Waals surface area contributed by atoms with Gasteiger partial charge in [-0.25, -0.2) is 9.18 Å². The number of ether oxygens (including phenoxy) is 1. The number of hydrogen-bond acceptors (Lipinski definition) is 2. The molecule has 0 aromatic heterocycles. The molecule has 0 amide bonds. The van der Waals surface area contributed by atoms with Crippen molar-refractivity contribution < 1.29 is 19.0 Å². The van der Waals surface area contributed by atoms with Gasteiger partial charge in [0.1, 0.15) is 11.6 Å². The van der Waals surface area contributed by atoms with E-state index >= 15 is 0 Å². The summed E-state index contributed by atoms with van der Waals surface area (Å²) in [4.78, 5) is 10.2. The molecule has 0 fully saturated rings. The lowest BCUT2D eigenvalue weighted by Crippen LogP contribution is -2.10. The topological polar surface area (TPSA) is 46.5 Å². The first-order valence-corrected chi connectivity index (χ1v) is 4.94. The van der Waals surface area contributed by atoms with Crippen molar-refractivity contribution in [3.63, 3.8) is 0 Å². The Balaban J connectivity index is 2.82. The molecule has 1 rings (SSSR count). The van der Waals surface area contributed by atoms with Crippen LogP contribution in [0.15, 0.2) is 18.2 Å². The third kappa shape index (κ3) is 2.99. The van der Waals surface area contributed by atoms with Gasteiger partial charge in [-0.15, -0.1) is 0 Å². The molecule has 3 nitrogen and oxygen atoms in total. The third-order valence-corrected chi connectivity index (χ3v) is 2.13. The maximum atomic E-state index is 12.8. The highest BCUT2D eigenvalue weighted by molar-refractivity contribution is 9.08. The zero-order chi connectivity index (χ0) is 10.6. The standard InChI is InChI=1S/C9H8BrFO3/c10-4-6-1-2-7(11)3-8(6)14-5-9(12)13/h1-3H,4-5H2,(H,12,13). The van der Waals surface area contributed by atoms with Crippen molar-refractivity contribution in [3.05, 3.63) is 29.6 Å². The Morgan fingerprint density at radius 2 is 2.29 bits per heavy atom. The summed E-state index contributed by atoms with van der Waals surface area (Å²) in [5, 5.41) is 8.87. The minimum absolute atomic E-state index is 0.254. The normalized spacial score (nSPS) is 9.86. The molecular formula is C9H8BrFO3. The summed E-state index contributed by atoms with van der Waals surface area (Å²) in [5.74, 6) is -1.28. The first kappa shape index (κ1) is 11.0. The summed E-state index contributed by atoms with van der Waals surface area (Å²) in [6.45, 7) is -0.469. The van der Waals surface area contributed by atoms with Crippen molar-refractivity contribution in [2.45, 2.75) is 5.33 Å². The summed E-state index contributed by atoms with van der Waals surface area (Å²) >= 11 is 3.19. The van der Waals surface area contributed by atoms with E-state index in [0.717, 1.165) is 0 Å². The third-order valence-electron chi connectivity index (χ3n) is 1.52. The van der Waals surface area contributed by atoms with Gasteiger partial charge >= 0.3 is 5.97 Å². The van der Waals surface area contributed by atoms with Crippen LogP contribution in [0.2, 0.25) is 0 Å². The number of halogens is 2. The SMILES string of the molecule is O=C(O)COc1cc(F)ccc1CBr. The molecule has 0 aliphatic carbocycles. The van der Waals surface area contributed by atoms with Crippen LogP contribution in [0.3, 0.4) is 0 Å². The van der Waals surface area contributed by atoms with E-state index in [1.54, 1.807) is 6.07 Å². The molecular weight excluding hydrogens is 255 g/mol. The molecule has 1 N–H and O–H groups in total. The van der Waals surface area contributed by atoms with Crippen LogP contribution in [0.1, 0.15) is 5.56 Å². The monoisotopic (exact) mass is 262 g/mol. The summed E-state index contributed by atoms with van der Waals surface area (Å²) in [5.41, 5.74) is 0.715. The molecule has 0 unspecified atom stereocenters. The minimum atomic E-state index is -1.09. The predicted octanol–water partition coefficient (Wildman–Crippen LogP) is 2.18. The maximum Gasteiger partial charge on any atom is 0.341 e. The zero-order valence-electron chi connectivity index (χ0n) is 7.17. The summed E-state index contributed by atoms with van der Waals surface area (Å²) in [6.07, 6.45) is 0. The fourth-order valence-electron chi connectivity index (χ4n) is 0.913. The highest BCUT2D eigenvalue weighted by atomic mass is 79.9. The fourth-order valence-corrected chi connectivity index (χ4v) is 1.38. The molecule has 0 spiro atoms. The highest BCUT2D eigenvalue weighted by Crippen LogP contribution is 2.22. The Hall–Kier alpha value is -1.10. The molecule has 76 valence electrons. The highest BCUT2D eigenvalue weighted by Gasteiger charge is 2.06. The van der Waals surface area contributed by atoms with E-state index in [1.807, 2.05) is 0 Å². The Morgan fingerprint density at radius 3 is 2.86 bits per heavy atom. The van der Waals surface area contributed by atoms with Gasteiger partial charge in [-0.2, -0.15) is 0 Å². The number of aliphatic carboxylic acids is 1. The van der Waals surface area contributed by atoms with Gasteiger partial charge in [0.25, 0.3) is 0 Å². The largest absolute Gasteiger partial charge is 0.481 e. The van der Waals surface area contributed by atoms with Crippen LogP contribution in [0.5, 0.6) is 5.75 Å². The quantitative estimate of drug-likeness (QED) is 0.847. The smallest absolute Gasteiger partial charge is 0.341 e. The van der Waals surface area contributed by atoms with Crippen molar-refractivity contribution in [2.75, 3.05) is 6.61 Å². The van der Waals surface area contributed by atoms with Gasteiger partial charge in [-0.05, 0) is 6.07 Å². The molecule has 0 saturated carbocycles. The van der Waals surface area contributed by atoms with Crippen LogP contribution in [0.25, 0.3) is 0 Å². The van der Waals surface area contributed by atoms with Crippen LogP contribution in [0, 0.1) is 5.82 Å². The molecule has 0 aliphatic rings. The van der Waals surface area contributed by atoms with Gasteiger partial charge in [0.2, 0.25) is 0 Å². The van der Waals surface area contributed by atoms with Crippen LogP contribution in [-0.4, -0.2) is 17.7 Å². The number of carboxylic acid groups (broad SMARTS) is 1. The molecule has 1 aromatic carbocycles. The van der Waals surface area contributed by atoms with Crippen LogP contribution >= 0.6 is 15.9 Å². The molecule has 14 heavy (non-hydrogen) atoms. The lowest BCUT2D eigenvalue weighted by molar-refractivity contribution is -0.139. The number of benzene rings is 1. The van der Waals surface area contributed by atoms with Gasteiger partial charge in [-0.3, -0.25) is 0 Å². The average Bonchev–Trinajstić information content (AvgIpc) is 2.15. The van der Waals surface area contributed by atoms with E-state index < -0.39 is 18.4 Å². The molecule has 0 bridgehead atoms. The van der Waals surface area contributed by atoms with E-state index in [2.05, 4.69) is 15.9 Å². The first-order valence-electron chi connectivity index (χ1n) is 3.82. The van der Waals surface area contributed by atoms with E-state index in [-0.39, 0.29) is 5.75 Å². The van der Waals surface area contributed by atoms with Crippen LogP contribution in [-0.2, 0) is 10.1 Å². The van der Waals surface area contributed by atoms with Crippen molar-refractivity contribution in [1.29, 1.82) is 0 Å². The maximum absolute atomic E-state index is 12.8. The predicted molar refractivity (Wildman–Crippen MR) is 52.2 cm³/mol. The molecule has 0 saturated heterocycles. The Morgan fingerprint density at radius 1 is 1.57 bits per heavy atom. The second kappa shape index (κ2) is 4.95. The summed E-state index contributed by atoms with van der Waals surface area (Å²) < 4.78 is 17.7. The lowest BCUT2D eigenvalue weighted by atomic mass is 10.2. The Kier molecular flexibility index (Phi) is 3.88.